The molecule has 1 saturated carbocycles. The Morgan fingerprint density at radius 2 is 1.97 bits per heavy atom. The fraction of sp³-hybridized carbons (Fsp3) is 0.435. The number of anilines is 1. The molecule has 1 aromatic heterocycles. The third-order valence-corrected chi connectivity index (χ3v) is 6.76. The Bertz CT molecular complexity index is 1230. The topological polar surface area (TPSA) is 91.6 Å². The van der Waals surface area contributed by atoms with Crippen molar-refractivity contribution in [2.75, 3.05) is 18.0 Å². The van der Waals surface area contributed by atoms with Gasteiger partial charge in [-0.15, -0.1) is 0 Å². The molecule has 3 aliphatic rings. The van der Waals surface area contributed by atoms with E-state index in [0.29, 0.717) is 19.5 Å². The highest BCUT2D eigenvalue weighted by atomic mass is 19.1. The van der Waals surface area contributed by atoms with Crippen LogP contribution in [0.5, 0.6) is 0 Å². The van der Waals surface area contributed by atoms with Gasteiger partial charge in [0.25, 0.3) is 0 Å². The molecule has 3 atom stereocenters. The highest BCUT2D eigenvalue weighted by Gasteiger charge is 2.41. The van der Waals surface area contributed by atoms with Crippen LogP contribution in [0.25, 0.3) is 10.9 Å². The second kappa shape index (κ2) is 7.43. The van der Waals surface area contributed by atoms with E-state index in [1.807, 2.05) is 12.2 Å². The van der Waals surface area contributed by atoms with Gasteiger partial charge < -0.3 is 19.9 Å². The molecule has 0 bridgehead atoms. The number of aromatic carboxylic acids is 1. The van der Waals surface area contributed by atoms with Gasteiger partial charge in [0, 0.05) is 50.1 Å². The molecule has 7 nitrogen and oxygen atoms in total. The Morgan fingerprint density at radius 1 is 1.22 bits per heavy atom. The summed E-state index contributed by atoms with van der Waals surface area (Å²) in [5, 5.41) is 12.1. The van der Waals surface area contributed by atoms with Crippen LogP contribution in [0.15, 0.2) is 29.2 Å². The number of carboxylic acid groups (broad SMARTS) is 1. The van der Waals surface area contributed by atoms with Gasteiger partial charge in [0.1, 0.15) is 17.1 Å². The van der Waals surface area contributed by atoms with Crippen molar-refractivity contribution >= 4 is 28.5 Å². The molecule has 0 spiro atoms. The predicted octanol–water partition coefficient (Wildman–Crippen LogP) is 2.83. The highest BCUT2D eigenvalue weighted by molar-refractivity contribution is 5.94. The summed E-state index contributed by atoms with van der Waals surface area (Å²) in [6, 6.07) is 0.740. The van der Waals surface area contributed by atoms with Crippen LogP contribution in [0, 0.1) is 23.5 Å². The molecule has 2 aliphatic carbocycles. The summed E-state index contributed by atoms with van der Waals surface area (Å²) in [5.41, 5.74) is -1.65. The van der Waals surface area contributed by atoms with Crippen molar-refractivity contribution in [3.05, 3.63) is 51.8 Å². The van der Waals surface area contributed by atoms with E-state index in [2.05, 4.69) is 5.32 Å². The Kier molecular flexibility index (Phi) is 4.79. The number of aromatic nitrogens is 1. The summed E-state index contributed by atoms with van der Waals surface area (Å²) >= 11 is 0. The number of fused-ring (bicyclic) bond motifs is 2. The number of halogens is 2. The molecule has 1 amide bonds. The fourth-order valence-corrected chi connectivity index (χ4v) is 5.18. The van der Waals surface area contributed by atoms with Crippen LogP contribution >= 0.6 is 0 Å². The Labute approximate surface area is 182 Å². The molecule has 1 aliphatic heterocycles. The van der Waals surface area contributed by atoms with Gasteiger partial charge >= 0.3 is 5.97 Å². The lowest BCUT2D eigenvalue weighted by atomic mass is 9.83. The molecule has 9 heteroatoms. The van der Waals surface area contributed by atoms with Crippen molar-refractivity contribution in [3.8, 4) is 0 Å². The number of hydrogen-bond donors (Lipinski definition) is 2. The number of benzene rings is 1. The first-order valence-corrected chi connectivity index (χ1v) is 10.7. The number of pyridine rings is 1. The minimum Gasteiger partial charge on any atom is -0.477 e. The van der Waals surface area contributed by atoms with Gasteiger partial charge in [0.05, 0.1) is 10.9 Å². The van der Waals surface area contributed by atoms with E-state index < -0.39 is 28.6 Å². The monoisotopic (exact) mass is 443 g/mol. The number of carbonyl (C=O) groups excluding carboxylic acids is 1. The van der Waals surface area contributed by atoms with Gasteiger partial charge in [-0.2, -0.15) is 0 Å². The van der Waals surface area contributed by atoms with Crippen LogP contribution in [0.1, 0.15) is 42.6 Å². The summed E-state index contributed by atoms with van der Waals surface area (Å²) in [5.74, 6) is -3.26. The largest absolute Gasteiger partial charge is 0.477 e. The quantitative estimate of drug-likeness (QED) is 0.709. The van der Waals surface area contributed by atoms with Gasteiger partial charge in [-0.25, -0.2) is 13.6 Å². The first kappa shape index (κ1) is 20.7. The predicted molar refractivity (Wildman–Crippen MR) is 114 cm³/mol. The molecule has 2 heterocycles. The molecular weight excluding hydrogens is 420 g/mol. The van der Waals surface area contributed by atoms with E-state index in [1.54, 1.807) is 4.90 Å². The molecule has 2 fully saturated rings. The molecule has 32 heavy (non-hydrogen) atoms. The van der Waals surface area contributed by atoms with Crippen molar-refractivity contribution in [1.29, 1.82) is 0 Å². The van der Waals surface area contributed by atoms with Crippen LogP contribution in [0.3, 0.4) is 0 Å². The zero-order valence-electron chi connectivity index (χ0n) is 17.5. The first-order valence-electron chi connectivity index (χ1n) is 10.7. The molecule has 2 aromatic rings. The normalized spacial score (nSPS) is 24.6. The van der Waals surface area contributed by atoms with Crippen LogP contribution in [0.2, 0.25) is 0 Å². The van der Waals surface area contributed by atoms with E-state index in [-0.39, 0.29) is 46.4 Å². The second-order valence-corrected chi connectivity index (χ2v) is 8.94. The van der Waals surface area contributed by atoms with Gasteiger partial charge in [0.15, 0.2) is 5.82 Å². The number of carbonyl (C=O) groups is 2. The lowest BCUT2D eigenvalue weighted by Gasteiger charge is -2.29. The number of nitrogens with zero attached hydrogens (tertiary/aromatic N) is 2. The fourth-order valence-electron chi connectivity index (χ4n) is 5.18. The van der Waals surface area contributed by atoms with E-state index in [1.165, 1.54) is 17.7 Å². The van der Waals surface area contributed by atoms with Crippen molar-refractivity contribution < 1.29 is 23.5 Å². The summed E-state index contributed by atoms with van der Waals surface area (Å²) in [6.07, 6.45) is 7.32. The Hall–Kier alpha value is -3.23. The molecule has 3 unspecified atom stereocenters. The van der Waals surface area contributed by atoms with E-state index in [0.717, 1.165) is 18.9 Å². The number of amides is 1. The zero-order valence-corrected chi connectivity index (χ0v) is 17.5. The van der Waals surface area contributed by atoms with Crippen molar-refractivity contribution in [3.63, 3.8) is 0 Å². The summed E-state index contributed by atoms with van der Waals surface area (Å²) in [7, 11) is 0. The van der Waals surface area contributed by atoms with Crippen molar-refractivity contribution in [1.82, 2.24) is 9.88 Å². The number of nitrogens with one attached hydrogen (secondary N) is 1. The van der Waals surface area contributed by atoms with Crippen molar-refractivity contribution in [2.45, 2.75) is 38.3 Å². The molecule has 5 rings (SSSR count). The number of rotatable bonds is 4. The van der Waals surface area contributed by atoms with Crippen LogP contribution < -0.4 is 15.6 Å². The van der Waals surface area contributed by atoms with Gasteiger partial charge in [0.2, 0.25) is 11.3 Å². The minimum atomic E-state index is -1.42. The summed E-state index contributed by atoms with van der Waals surface area (Å²) < 4.78 is 32.5. The number of hydrogen-bond acceptors (Lipinski definition) is 4. The summed E-state index contributed by atoms with van der Waals surface area (Å²) in [6.45, 7) is 2.20. The zero-order chi connectivity index (χ0) is 22.7. The average Bonchev–Trinajstić information content (AvgIpc) is 3.47. The average molecular weight is 443 g/mol. The summed E-state index contributed by atoms with van der Waals surface area (Å²) in [4.78, 5) is 37.4. The molecule has 1 saturated heterocycles. The maximum absolute atomic E-state index is 15.9. The van der Waals surface area contributed by atoms with Gasteiger partial charge in [-0.05, 0) is 25.3 Å². The third kappa shape index (κ3) is 3.27. The number of carboxylic acids is 1. The molecule has 0 radical (unpaired) electrons. The minimum absolute atomic E-state index is 0.0124. The lowest BCUT2D eigenvalue weighted by Crippen LogP contribution is -2.43. The van der Waals surface area contributed by atoms with Crippen molar-refractivity contribution in [2.24, 2.45) is 11.8 Å². The third-order valence-electron chi connectivity index (χ3n) is 6.76. The maximum Gasteiger partial charge on any atom is 0.341 e. The molecule has 1 aromatic carbocycles. The maximum atomic E-state index is 15.9. The second-order valence-electron chi connectivity index (χ2n) is 8.94. The Morgan fingerprint density at radius 3 is 2.62 bits per heavy atom. The van der Waals surface area contributed by atoms with Gasteiger partial charge in [-0.3, -0.25) is 9.59 Å². The van der Waals surface area contributed by atoms with Crippen LogP contribution in [-0.4, -0.2) is 40.7 Å². The van der Waals surface area contributed by atoms with E-state index in [9.17, 15) is 19.5 Å². The first-order chi connectivity index (χ1) is 15.3. The smallest absolute Gasteiger partial charge is 0.341 e. The van der Waals surface area contributed by atoms with Crippen LogP contribution in [-0.2, 0) is 4.79 Å². The molecule has 168 valence electrons. The lowest BCUT2D eigenvalue weighted by molar-refractivity contribution is -0.120. The Balaban J connectivity index is 1.62. The highest BCUT2D eigenvalue weighted by Crippen LogP contribution is 2.42. The van der Waals surface area contributed by atoms with Gasteiger partial charge in [-0.1, -0.05) is 12.2 Å². The standard InChI is InChI=1S/C23H23F2N3O4/c1-11(29)26-18-4-2-3-12-8-27(9-15(12)18)21-17(24)7-14-20(19(21)25)28(13-5-6-13)10-16(22(14)30)23(31)32/h2-3,7,10,12-13,15,18H,4-6,8-9H2,1H3,(H,26,29)(H,31,32). The van der Waals surface area contributed by atoms with E-state index in [4.69, 9.17) is 0 Å². The molecular formula is C23H23F2N3O4. The van der Waals surface area contributed by atoms with Crippen LogP contribution in [0.4, 0.5) is 14.5 Å². The van der Waals surface area contributed by atoms with E-state index >= 15 is 8.78 Å². The SMILES string of the molecule is CC(=O)NC1CC=CC2CN(c3c(F)cc4c(=O)c(C(=O)O)cn(C5CC5)c4c3F)CC21. The molecule has 2 N–H and O–H groups in total.